The lowest BCUT2D eigenvalue weighted by Crippen LogP contribution is -1.83. The minimum Gasteiger partial charge on any atom is -0.0843 e. The highest BCUT2D eigenvalue weighted by Crippen LogP contribution is 2.22. The van der Waals surface area contributed by atoms with Gasteiger partial charge in [-0.1, -0.05) is 67.1 Å². The van der Waals surface area contributed by atoms with Gasteiger partial charge in [-0.25, -0.2) is 0 Å². The largest absolute Gasteiger partial charge is 0.0843 e. The molecule has 0 aromatic heterocycles. The van der Waals surface area contributed by atoms with E-state index in [4.69, 9.17) is 11.6 Å². The summed E-state index contributed by atoms with van der Waals surface area (Å²) in [5.74, 6) is 0. The molecule has 0 aliphatic heterocycles. The van der Waals surface area contributed by atoms with Crippen LogP contribution in [0, 0.1) is 0 Å². The SMILES string of the molecule is CCC(=Cc1ccccc1)c1ccc(Cl)cc1. The average Bonchev–Trinajstić information content (AvgIpc) is 2.38. The number of hydrogen-bond acceptors (Lipinski definition) is 0. The average molecular weight is 243 g/mol. The second kappa shape index (κ2) is 5.70. The van der Waals surface area contributed by atoms with Crippen molar-refractivity contribution in [1.82, 2.24) is 0 Å². The van der Waals surface area contributed by atoms with Crippen molar-refractivity contribution >= 4 is 23.3 Å². The first-order chi connectivity index (χ1) is 8.29. The van der Waals surface area contributed by atoms with E-state index < -0.39 is 0 Å². The standard InChI is InChI=1S/C16H15Cl/c1-2-14(12-13-6-4-3-5-7-13)15-8-10-16(17)11-9-15/h3-12H,2H2,1H3. The zero-order valence-electron chi connectivity index (χ0n) is 9.86. The molecular weight excluding hydrogens is 228 g/mol. The molecule has 0 heterocycles. The Balaban J connectivity index is 2.34. The van der Waals surface area contributed by atoms with Crippen molar-refractivity contribution in [2.75, 3.05) is 0 Å². The fraction of sp³-hybridized carbons (Fsp3) is 0.125. The molecule has 0 saturated carbocycles. The molecule has 0 atom stereocenters. The predicted molar refractivity (Wildman–Crippen MR) is 76.1 cm³/mol. The maximum atomic E-state index is 5.90. The van der Waals surface area contributed by atoms with E-state index in [1.165, 1.54) is 16.7 Å². The fourth-order valence-corrected chi connectivity index (χ4v) is 1.93. The Morgan fingerprint density at radius 3 is 2.24 bits per heavy atom. The van der Waals surface area contributed by atoms with Crippen LogP contribution in [0.4, 0.5) is 0 Å². The summed E-state index contributed by atoms with van der Waals surface area (Å²) in [6.45, 7) is 2.17. The minimum absolute atomic E-state index is 0.781. The summed E-state index contributed by atoms with van der Waals surface area (Å²) in [5, 5.41) is 0.781. The van der Waals surface area contributed by atoms with Crippen LogP contribution >= 0.6 is 11.6 Å². The van der Waals surface area contributed by atoms with E-state index in [0.717, 1.165) is 11.4 Å². The highest BCUT2D eigenvalue weighted by Gasteiger charge is 1.99. The third-order valence-corrected chi connectivity index (χ3v) is 2.99. The molecule has 0 aliphatic carbocycles. The molecule has 2 aromatic rings. The molecule has 17 heavy (non-hydrogen) atoms. The fourth-order valence-electron chi connectivity index (χ4n) is 1.80. The van der Waals surface area contributed by atoms with Crippen molar-refractivity contribution in [3.8, 4) is 0 Å². The van der Waals surface area contributed by atoms with Crippen LogP contribution in [0.2, 0.25) is 5.02 Å². The molecule has 2 rings (SSSR count). The summed E-state index contributed by atoms with van der Waals surface area (Å²) in [6, 6.07) is 18.4. The molecule has 0 unspecified atom stereocenters. The van der Waals surface area contributed by atoms with E-state index in [-0.39, 0.29) is 0 Å². The van der Waals surface area contributed by atoms with Crippen LogP contribution in [-0.2, 0) is 0 Å². The van der Waals surface area contributed by atoms with Gasteiger partial charge >= 0.3 is 0 Å². The van der Waals surface area contributed by atoms with Gasteiger partial charge in [-0.2, -0.15) is 0 Å². The van der Waals surface area contributed by atoms with Crippen molar-refractivity contribution in [1.29, 1.82) is 0 Å². The van der Waals surface area contributed by atoms with Crippen LogP contribution in [0.5, 0.6) is 0 Å². The second-order valence-corrected chi connectivity index (χ2v) is 4.38. The lowest BCUT2D eigenvalue weighted by molar-refractivity contribution is 1.25. The maximum Gasteiger partial charge on any atom is 0.0406 e. The van der Waals surface area contributed by atoms with Crippen LogP contribution in [0.25, 0.3) is 11.6 Å². The lowest BCUT2D eigenvalue weighted by Gasteiger charge is -2.05. The zero-order valence-corrected chi connectivity index (χ0v) is 10.6. The monoisotopic (exact) mass is 242 g/mol. The van der Waals surface area contributed by atoms with Gasteiger partial charge in [0.25, 0.3) is 0 Å². The number of hydrogen-bond donors (Lipinski definition) is 0. The number of benzene rings is 2. The van der Waals surface area contributed by atoms with Crippen molar-refractivity contribution in [2.24, 2.45) is 0 Å². The van der Waals surface area contributed by atoms with Crippen molar-refractivity contribution in [3.05, 3.63) is 70.7 Å². The molecule has 0 bridgehead atoms. The van der Waals surface area contributed by atoms with E-state index in [1.807, 2.05) is 18.2 Å². The van der Waals surface area contributed by atoms with Crippen LogP contribution in [0.15, 0.2) is 54.6 Å². The molecular formula is C16H15Cl. The molecule has 2 aromatic carbocycles. The van der Waals surface area contributed by atoms with E-state index >= 15 is 0 Å². The first-order valence-corrected chi connectivity index (χ1v) is 6.19. The number of allylic oxidation sites excluding steroid dienone is 1. The van der Waals surface area contributed by atoms with Gasteiger partial charge < -0.3 is 0 Å². The summed E-state index contributed by atoms with van der Waals surface area (Å²) < 4.78 is 0. The highest BCUT2D eigenvalue weighted by molar-refractivity contribution is 6.30. The first-order valence-electron chi connectivity index (χ1n) is 5.81. The Morgan fingerprint density at radius 1 is 1.00 bits per heavy atom. The highest BCUT2D eigenvalue weighted by atomic mass is 35.5. The van der Waals surface area contributed by atoms with Gasteiger partial charge in [-0.05, 0) is 35.3 Å². The molecule has 0 N–H and O–H groups in total. The van der Waals surface area contributed by atoms with Crippen molar-refractivity contribution in [3.63, 3.8) is 0 Å². The van der Waals surface area contributed by atoms with E-state index in [9.17, 15) is 0 Å². The smallest absolute Gasteiger partial charge is 0.0406 e. The van der Waals surface area contributed by atoms with E-state index in [1.54, 1.807) is 0 Å². The lowest BCUT2D eigenvalue weighted by atomic mass is 10.0. The Kier molecular flexibility index (Phi) is 4.00. The van der Waals surface area contributed by atoms with Crippen LogP contribution < -0.4 is 0 Å². The quantitative estimate of drug-likeness (QED) is 0.642. The second-order valence-electron chi connectivity index (χ2n) is 3.94. The Bertz CT molecular complexity index is 495. The third kappa shape index (κ3) is 3.21. The zero-order chi connectivity index (χ0) is 12.1. The van der Waals surface area contributed by atoms with Gasteiger partial charge in [0.15, 0.2) is 0 Å². The summed E-state index contributed by atoms with van der Waals surface area (Å²) in [4.78, 5) is 0. The molecule has 1 heteroatoms. The van der Waals surface area contributed by atoms with Crippen LogP contribution in [0.3, 0.4) is 0 Å². The van der Waals surface area contributed by atoms with Gasteiger partial charge in [-0.3, -0.25) is 0 Å². The molecule has 0 aliphatic rings. The minimum atomic E-state index is 0.781. The van der Waals surface area contributed by atoms with E-state index in [0.29, 0.717) is 0 Å². The Morgan fingerprint density at radius 2 is 1.65 bits per heavy atom. The molecule has 0 fully saturated rings. The molecule has 0 saturated heterocycles. The maximum absolute atomic E-state index is 5.90. The predicted octanol–water partition coefficient (Wildman–Crippen LogP) is 5.29. The number of rotatable bonds is 3. The van der Waals surface area contributed by atoms with Gasteiger partial charge in [0.05, 0.1) is 0 Å². The van der Waals surface area contributed by atoms with Gasteiger partial charge in [-0.15, -0.1) is 0 Å². The number of halogens is 1. The molecule has 0 spiro atoms. The normalized spacial score (nSPS) is 11.5. The van der Waals surface area contributed by atoms with Crippen molar-refractivity contribution < 1.29 is 0 Å². The summed E-state index contributed by atoms with van der Waals surface area (Å²) in [6.07, 6.45) is 3.24. The summed E-state index contributed by atoms with van der Waals surface area (Å²) in [7, 11) is 0. The summed E-state index contributed by atoms with van der Waals surface area (Å²) in [5.41, 5.74) is 3.80. The Labute approximate surface area is 108 Å². The summed E-state index contributed by atoms with van der Waals surface area (Å²) >= 11 is 5.90. The molecule has 0 radical (unpaired) electrons. The van der Waals surface area contributed by atoms with Gasteiger partial charge in [0, 0.05) is 5.02 Å². The Hall–Kier alpha value is -1.53. The molecule has 86 valence electrons. The molecule has 0 nitrogen and oxygen atoms in total. The van der Waals surface area contributed by atoms with E-state index in [2.05, 4.69) is 49.4 Å². The van der Waals surface area contributed by atoms with Gasteiger partial charge in [0.2, 0.25) is 0 Å². The topological polar surface area (TPSA) is 0 Å². The van der Waals surface area contributed by atoms with Crippen molar-refractivity contribution in [2.45, 2.75) is 13.3 Å². The van der Waals surface area contributed by atoms with Crippen LogP contribution in [-0.4, -0.2) is 0 Å². The van der Waals surface area contributed by atoms with Gasteiger partial charge in [0.1, 0.15) is 0 Å². The molecule has 0 amide bonds. The van der Waals surface area contributed by atoms with Crippen LogP contribution in [0.1, 0.15) is 24.5 Å². The third-order valence-electron chi connectivity index (χ3n) is 2.74. The first kappa shape index (κ1) is 11.9.